The average Bonchev–Trinajstić information content (AvgIpc) is 2.45. The van der Waals surface area contributed by atoms with Gasteiger partial charge in [0.2, 0.25) is 0 Å². The fourth-order valence-corrected chi connectivity index (χ4v) is 2.79. The molecule has 19 heavy (non-hydrogen) atoms. The highest BCUT2D eigenvalue weighted by atomic mass is 16.5. The maximum Gasteiger partial charge on any atom is 0.124 e. The van der Waals surface area contributed by atoms with Crippen molar-refractivity contribution in [1.82, 2.24) is 0 Å². The van der Waals surface area contributed by atoms with E-state index in [9.17, 15) is 5.11 Å². The number of benzene rings is 1. The molecule has 0 saturated heterocycles. The highest BCUT2D eigenvalue weighted by Gasteiger charge is 2.21. The molecular formula is C16H24O3. The zero-order valence-corrected chi connectivity index (χ0v) is 11.8. The molecule has 3 unspecified atom stereocenters. The Balaban J connectivity index is 1.88. The molecule has 0 radical (unpaired) electrons. The van der Waals surface area contributed by atoms with Crippen molar-refractivity contribution in [3.05, 3.63) is 29.8 Å². The number of methoxy groups -OCH3 is 1. The highest BCUT2D eigenvalue weighted by molar-refractivity contribution is 5.34. The molecule has 0 aliphatic heterocycles. The summed E-state index contributed by atoms with van der Waals surface area (Å²) in [5.74, 6) is 1.46. The van der Waals surface area contributed by atoms with Gasteiger partial charge in [-0.1, -0.05) is 38.0 Å². The third kappa shape index (κ3) is 3.95. The van der Waals surface area contributed by atoms with E-state index in [1.54, 1.807) is 7.11 Å². The lowest BCUT2D eigenvalue weighted by Crippen LogP contribution is -2.23. The molecule has 0 bridgehead atoms. The minimum atomic E-state index is -0.617. The van der Waals surface area contributed by atoms with Gasteiger partial charge in [-0.3, -0.25) is 0 Å². The minimum Gasteiger partial charge on any atom is -0.496 e. The zero-order valence-electron chi connectivity index (χ0n) is 11.8. The first-order valence-electron chi connectivity index (χ1n) is 7.13. The van der Waals surface area contributed by atoms with Gasteiger partial charge in [0.05, 0.1) is 19.8 Å². The van der Waals surface area contributed by atoms with E-state index in [1.165, 1.54) is 12.8 Å². The Morgan fingerprint density at radius 2 is 2.11 bits per heavy atom. The van der Waals surface area contributed by atoms with E-state index >= 15 is 0 Å². The number of hydrogen-bond donors (Lipinski definition) is 1. The summed E-state index contributed by atoms with van der Waals surface area (Å²) in [6.45, 7) is 2.62. The van der Waals surface area contributed by atoms with Crippen LogP contribution in [0.5, 0.6) is 5.75 Å². The number of aliphatic hydroxyl groups is 1. The Morgan fingerprint density at radius 3 is 2.84 bits per heavy atom. The summed E-state index contributed by atoms with van der Waals surface area (Å²) in [6.07, 6.45) is 4.44. The van der Waals surface area contributed by atoms with Gasteiger partial charge < -0.3 is 14.6 Å². The van der Waals surface area contributed by atoms with E-state index in [4.69, 9.17) is 9.47 Å². The summed E-state index contributed by atoms with van der Waals surface area (Å²) in [7, 11) is 1.62. The summed E-state index contributed by atoms with van der Waals surface area (Å²) >= 11 is 0. The van der Waals surface area contributed by atoms with E-state index in [2.05, 4.69) is 6.92 Å². The molecular weight excluding hydrogens is 240 g/mol. The predicted molar refractivity (Wildman–Crippen MR) is 75.3 cm³/mol. The summed E-state index contributed by atoms with van der Waals surface area (Å²) < 4.78 is 11.1. The lowest BCUT2D eigenvalue weighted by molar-refractivity contribution is -0.0327. The molecule has 1 aromatic rings. The first-order chi connectivity index (χ1) is 9.20. The van der Waals surface area contributed by atoms with Gasteiger partial charge in [0.1, 0.15) is 11.9 Å². The minimum absolute atomic E-state index is 0.299. The normalized spacial score (nSPS) is 25.0. The molecule has 0 spiro atoms. The molecule has 1 fully saturated rings. The molecule has 106 valence electrons. The molecule has 3 atom stereocenters. The molecule has 1 aliphatic rings. The Hall–Kier alpha value is -1.06. The maximum absolute atomic E-state index is 10.2. The molecule has 2 rings (SSSR count). The second-order valence-electron chi connectivity index (χ2n) is 5.48. The van der Waals surface area contributed by atoms with E-state index in [0.717, 1.165) is 30.1 Å². The Kier molecular flexibility index (Phi) is 5.23. The molecule has 3 heteroatoms. The summed E-state index contributed by atoms with van der Waals surface area (Å²) in [6, 6.07) is 7.56. The summed E-state index contributed by atoms with van der Waals surface area (Å²) in [5, 5.41) is 10.2. The summed E-state index contributed by atoms with van der Waals surface area (Å²) in [4.78, 5) is 0. The number of rotatable bonds is 5. The van der Waals surface area contributed by atoms with Crippen LogP contribution in [0.2, 0.25) is 0 Å². The zero-order chi connectivity index (χ0) is 13.7. The van der Waals surface area contributed by atoms with Gasteiger partial charge in [0.25, 0.3) is 0 Å². The first-order valence-corrected chi connectivity index (χ1v) is 7.13. The largest absolute Gasteiger partial charge is 0.496 e. The van der Waals surface area contributed by atoms with Crippen molar-refractivity contribution in [3.63, 3.8) is 0 Å². The molecule has 1 N–H and O–H groups in total. The van der Waals surface area contributed by atoms with Gasteiger partial charge in [-0.25, -0.2) is 0 Å². The second-order valence-corrected chi connectivity index (χ2v) is 5.48. The summed E-state index contributed by atoms with van der Waals surface area (Å²) in [5.41, 5.74) is 0.800. The van der Waals surface area contributed by atoms with Crippen LogP contribution in [0.15, 0.2) is 24.3 Å². The van der Waals surface area contributed by atoms with Gasteiger partial charge in [0.15, 0.2) is 0 Å². The highest BCUT2D eigenvalue weighted by Crippen LogP contribution is 2.28. The van der Waals surface area contributed by atoms with Crippen LogP contribution in [-0.4, -0.2) is 24.9 Å². The first kappa shape index (κ1) is 14.4. The van der Waals surface area contributed by atoms with Crippen molar-refractivity contribution in [2.24, 2.45) is 5.92 Å². The van der Waals surface area contributed by atoms with Crippen LogP contribution in [0.1, 0.15) is 44.3 Å². The van der Waals surface area contributed by atoms with Crippen LogP contribution in [0.3, 0.4) is 0 Å². The smallest absolute Gasteiger partial charge is 0.124 e. The van der Waals surface area contributed by atoms with Crippen LogP contribution >= 0.6 is 0 Å². The molecule has 1 aliphatic carbocycles. The quantitative estimate of drug-likeness (QED) is 0.886. The van der Waals surface area contributed by atoms with Crippen molar-refractivity contribution in [1.29, 1.82) is 0 Å². The van der Waals surface area contributed by atoms with E-state index < -0.39 is 6.10 Å². The SMILES string of the molecule is COc1ccccc1C(O)COC1CCCC(C)C1. The van der Waals surface area contributed by atoms with Gasteiger partial charge >= 0.3 is 0 Å². The van der Waals surface area contributed by atoms with Crippen molar-refractivity contribution < 1.29 is 14.6 Å². The topological polar surface area (TPSA) is 38.7 Å². The number of para-hydroxylation sites is 1. The van der Waals surface area contributed by atoms with Crippen LogP contribution in [0.4, 0.5) is 0 Å². The van der Waals surface area contributed by atoms with Gasteiger partial charge in [-0.05, 0) is 24.8 Å². The Labute approximate surface area is 115 Å². The average molecular weight is 264 g/mol. The van der Waals surface area contributed by atoms with E-state index in [1.807, 2.05) is 24.3 Å². The van der Waals surface area contributed by atoms with Gasteiger partial charge in [-0.2, -0.15) is 0 Å². The number of aliphatic hydroxyl groups excluding tert-OH is 1. The fourth-order valence-electron chi connectivity index (χ4n) is 2.79. The Morgan fingerprint density at radius 1 is 1.32 bits per heavy atom. The second kappa shape index (κ2) is 6.92. The molecule has 3 nitrogen and oxygen atoms in total. The van der Waals surface area contributed by atoms with Crippen molar-refractivity contribution >= 4 is 0 Å². The Bertz CT molecular complexity index is 391. The van der Waals surface area contributed by atoms with Crippen molar-refractivity contribution in [3.8, 4) is 5.75 Å². The lowest BCUT2D eigenvalue weighted by Gasteiger charge is -2.27. The van der Waals surface area contributed by atoms with Crippen LogP contribution in [0, 0.1) is 5.92 Å². The maximum atomic E-state index is 10.2. The van der Waals surface area contributed by atoms with E-state index in [0.29, 0.717) is 12.7 Å². The number of hydrogen-bond acceptors (Lipinski definition) is 3. The van der Waals surface area contributed by atoms with Gasteiger partial charge in [-0.15, -0.1) is 0 Å². The molecule has 0 heterocycles. The molecule has 0 aromatic heterocycles. The predicted octanol–water partition coefficient (Wildman–Crippen LogP) is 3.32. The molecule has 0 amide bonds. The monoisotopic (exact) mass is 264 g/mol. The van der Waals surface area contributed by atoms with Crippen LogP contribution < -0.4 is 4.74 Å². The molecule has 1 saturated carbocycles. The van der Waals surface area contributed by atoms with Gasteiger partial charge in [0, 0.05) is 5.56 Å². The van der Waals surface area contributed by atoms with E-state index in [-0.39, 0.29) is 0 Å². The number of ether oxygens (including phenoxy) is 2. The fraction of sp³-hybridized carbons (Fsp3) is 0.625. The standard InChI is InChI=1S/C16H24O3/c1-12-6-5-7-13(10-12)19-11-15(17)14-8-3-4-9-16(14)18-2/h3-4,8-9,12-13,15,17H,5-7,10-11H2,1-2H3. The van der Waals surface area contributed by atoms with Crippen molar-refractivity contribution in [2.45, 2.75) is 44.8 Å². The van der Waals surface area contributed by atoms with Crippen molar-refractivity contribution in [2.75, 3.05) is 13.7 Å². The third-order valence-corrected chi connectivity index (χ3v) is 3.88. The van der Waals surface area contributed by atoms with Crippen LogP contribution in [-0.2, 0) is 4.74 Å². The van der Waals surface area contributed by atoms with Crippen LogP contribution in [0.25, 0.3) is 0 Å². The third-order valence-electron chi connectivity index (χ3n) is 3.88. The molecule has 1 aromatic carbocycles. The lowest BCUT2D eigenvalue weighted by atomic mass is 9.89.